The van der Waals surface area contributed by atoms with E-state index in [-0.39, 0.29) is 12.6 Å². The molecule has 0 radical (unpaired) electrons. The molecule has 2 amide bonds. The van der Waals surface area contributed by atoms with Crippen molar-refractivity contribution in [2.24, 2.45) is 0 Å². The maximum Gasteiger partial charge on any atom is 0.323 e. The number of halogens is 1. The summed E-state index contributed by atoms with van der Waals surface area (Å²) < 4.78 is 1.00. The number of carbonyl (C=O) groups excluding carboxylic acids is 1. The monoisotopic (exact) mass is 356 g/mol. The Hall–Kier alpha value is -1.56. The first-order valence-corrected chi connectivity index (χ1v) is 7.61. The lowest BCUT2D eigenvalue weighted by atomic mass is 10.1. The molecular formula is C15H21BrN2O3. The fourth-order valence-corrected chi connectivity index (χ4v) is 2.24. The van der Waals surface area contributed by atoms with Gasteiger partial charge in [-0.3, -0.25) is 4.79 Å². The molecule has 5 nitrogen and oxygen atoms in total. The quantitative estimate of drug-likeness (QED) is 0.843. The summed E-state index contributed by atoms with van der Waals surface area (Å²) >= 11 is 3.47. The van der Waals surface area contributed by atoms with Crippen molar-refractivity contribution in [3.63, 3.8) is 0 Å². The Balaban J connectivity index is 2.93. The molecule has 0 bridgehead atoms. The standard InChI is InChI=1S/C15H21BrN2O3/c1-5-11(4)18(8-13(19)20)15(21)17-12-6-9(2)14(16)10(3)7-12/h6-7,11H,5,8H2,1-4H3,(H,17,21)(H,19,20). The lowest BCUT2D eigenvalue weighted by molar-refractivity contribution is -0.138. The predicted molar refractivity (Wildman–Crippen MR) is 86.7 cm³/mol. The highest BCUT2D eigenvalue weighted by Crippen LogP contribution is 2.25. The van der Waals surface area contributed by atoms with Gasteiger partial charge in [0.25, 0.3) is 0 Å². The number of aryl methyl sites for hydroxylation is 2. The summed E-state index contributed by atoms with van der Waals surface area (Å²) in [5.74, 6) is -1.02. The van der Waals surface area contributed by atoms with Crippen molar-refractivity contribution >= 4 is 33.6 Å². The first-order chi connectivity index (χ1) is 9.76. The van der Waals surface area contributed by atoms with Crippen LogP contribution in [-0.2, 0) is 4.79 Å². The van der Waals surface area contributed by atoms with E-state index >= 15 is 0 Å². The number of amides is 2. The van der Waals surface area contributed by atoms with Gasteiger partial charge in [-0.2, -0.15) is 0 Å². The molecule has 0 heterocycles. The van der Waals surface area contributed by atoms with E-state index in [0.29, 0.717) is 12.1 Å². The molecular weight excluding hydrogens is 336 g/mol. The van der Waals surface area contributed by atoms with E-state index in [1.165, 1.54) is 4.90 Å². The van der Waals surface area contributed by atoms with E-state index in [9.17, 15) is 9.59 Å². The highest BCUT2D eigenvalue weighted by molar-refractivity contribution is 9.10. The molecule has 0 aliphatic heterocycles. The smallest absolute Gasteiger partial charge is 0.323 e. The maximum atomic E-state index is 12.3. The van der Waals surface area contributed by atoms with E-state index in [1.54, 1.807) is 0 Å². The molecule has 0 aromatic heterocycles. The predicted octanol–water partition coefficient (Wildman–Crippen LogP) is 3.78. The van der Waals surface area contributed by atoms with Gasteiger partial charge in [-0.15, -0.1) is 0 Å². The summed E-state index contributed by atoms with van der Waals surface area (Å²) in [5.41, 5.74) is 2.69. The second kappa shape index (κ2) is 7.45. The SMILES string of the molecule is CCC(C)N(CC(=O)O)C(=O)Nc1cc(C)c(Br)c(C)c1. The molecule has 1 rings (SSSR count). The number of anilines is 1. The van der Waals surface area contributed by atoms with Crippen molar-refractivity contribution < 1.29 is 14.7 Å². The lowest BCUT2D eigenvalue weighted by Gasteiger charge is -2.27. The van der Waals surface area contributed by atoms with E-state index in [0.717, 1.165) is 15.6 Å². The van der Waals surface area contributed by atoms with Crippen molar-refractivity contribution in [2.45, 2.75) is 40.2 Å². The van der Waals surface area contributed by atoms with Crippen LogP contribution in [-0.4, -0.2) is 34.6 Å². The minimum atomic E-state index is -1.02. The number of nitrogens with one attached hydrogen (secondary N) is 1. The average Bonchev–Trinajstić information content (AvgIpc) is 2.40. The van der Waals surface area contributed by atoms with Crippen LogP contribution in [0.1, 0.15) is 31.4 Å². The van der Waals surface area contributed by atoms with Crippen LogP contribution in [0.5, 0.6) is 0 Å². The Morgan fingerprint density at radius 2 is 1.86 bits per heavy atom. The van der Waals surface area contributed by atoms with E-state index in [2.05, 4.69) is 21.2 Å². The zero-order valence-corrected chi connectivity index (χ0v) is 14.3. The van der Waals surface area contributed by atoms with Crippen LogP contribution >= 0.6 is 15.9 Å². The van der Waals surface area contributed by atoms with Crippen LogP contribution in [0.15, 0.2) is 16.6 Å². The summed E-state index contributed by atoms with van der Waals surface area (Å²) in [4.78, 5) is 24.5. The summed E-state index contributed by atoms with van der Waals surface area (Å²) in [6.45, 7) is 7.32. The molecule has 0 saturated carbocycles. The second-order valence-corrected chi connectivity index (χ2v) is 5.93. The van der Waals surface area contributed by atoms with Gasteiger partial charge in [-0.1, -0.05) is 22.9 Å². The number of hydrogen-bond acceptors (Lipinski definition) is 2. The van der Waals surface area contributed by atoms with E-state index in [1.807, 2.05) is 39.8 Å². The number of carbonyl (C=O) groups is 2. The summed E-state index contributed by atoms with van der Waals surface area (Å²) in [6, 6.07) is 3.17. The van der Waals surface area contributed by atoms with Crippen LogP contribution in [0.2, 0.25) is 0 Å². The molecule has 0 aliphatic rings. The van der Waals surface area contributed by atoms with Crippen molar-refractivity contribution in [1.29, 1.82) is 0 Å². The number of nitrogens with zero attached hydrogens (tertiary/aromatic N) is 1. The second-order valence-electron chi connectivity index (χ2n) is 5.13. The highest BCUT2D eigenvalue weighted by atomic mass is 79.9. The van der Waals surface area contributed by atoms with Crippen LogP contribution in [0, 0.1) is 13.8 Å². The normalized spacial score (nSPS) is 11.9. The van der Waals surface area contributed by atoms with Crippen LogP contribution in [0.3, 0.4) is 0 Å². The number of carboxylic acid groups (broad SMARTS) is 1. The molecule has 2 N–H and O–H groups in total. The van der Waals surface area contributed by atoms with Gasteiger partial charge in [0.2, 0.25) is 0 Å². The Kier molecular flexibility index (Phi) is 6.20. The third-order valence-electron chi connectivity index (χ3n) is 3.38. The van der Waals surface area contributed by atoms with E-state index in [4.69, 9.17) is 5.11 Å². The fourth-order valence-electron chi connectivity index (χ4n) is 2.01. The zero-order chi connectivity index (χ0) is 16.2. The molecule has 1 unspecified atom stereocenters. The van der Waals surface area contributed by atoms with Gasteiger partial charge in [0, 0.05) is 16.2 Å². The minimum absolute atomic E-state index is 0.140. The molecule has 0 aliphatic carbocycles. The van der Waals surface area contributed by atoms with Gasteiger partial charge in [0.1, 0.15) is 6.54 Å². The number of rotatable bonds is 5. The van der Waals surface area contributed by atoms with Gasteiger partial charge >= 0.3 is 12.0 Å². The fraction of sp³-hybridized carbons (Fsp3) is 0.467. The summed E-state index contributed by atoms with van der Waals surface area (Å²) in [6.07, 6.45) is 0.694. The molecule has 116 valence electrons. The number of carboxylic acids is 1. The Bertz CT molecular complexity index is 523. The molecule has 0 fully saturated rings. The van der Waals surface area contributed by atoms with Gasteiger partial charge in [-0.05, 0) is 50.5 Å². The zero-order valence-electron chi connectivity index (χ0n) is 12.7. The molecule has 1 aromatic rings. The largest absolute Gasteiger partial charge is 0.480 e. The molecule has 1 atom stereocenters. The Morgan fingerprint density at radius 1 is 1.33 bits per heavy atom. The van der Waals surface area contributed by atoms with Crippen molar-refractivity contribution in [1.82, 2.24) is 4.90 Å². The minimum Gasteiger partial charge on any atom is -0.480 e. The van der Waals surface area contributed by atoms with Gasteiger partial charge < -0.3 is 15.3 Å². The third kappa shape index (κ3) is 4.74. The Labute approximate surface area is 133 Å². The number of aliphatic carboxylic acids is 1. The van der Waals surface area contributed by atoms with Crippen molar-refractivity contribution in [3.05, 3.63) is 27.7 Å². The molecule has 21 heavy (non-hydrogen) atoms. The first-order valence-electron chi connectivity index (χ1n) is 6.82. The topological polar surface area (TPSA) is 69.6 Å². The van der Waals surface area contributed by atoms with Crippen molar-refractivity contribution in [3.8, 4) is 0 Å². The van der Waals surface area contributed by atoms with Crippen molar-refractivity contribution in [2.75, 3.05) is 11.9 Å². The number of hydrogen-bond donors (Lipinski definition) is 2. The van der Waals surface area contributed by atoms with Crippen LogP contribution in [0.25, 0.3) is 0 Å². The van der Waals surface area contributed by atoms with E-state index < -0.39 is 12.0 Å². The number of urea groups is 1. The highest BCUT2D eigenvalue weighted by Gasteiger charge is 2.21. The van der Waals surface area contributed by atoms with Gasteiger partial charge in [0.05, 0.1) is 0 Å². The number of benzene rings is 1. The maximum absolute atomic E-state index is 12.3. The molecule has 6 heteroatoms. The summed E-state index contributed by atoms with van der Waals surface area (Å²) in [7, 11) is 0. The average molecular weight is 357 g/mol. The Morgan fingerprint density at radius 3 is 2.29 bits per heavy atom. The summed E-state index contributed by atoms with van der Waals surface area (Å²) in [5, 5.41) is 11.7. The lowest BCUT2D eigenvalue weighted by Crippen LogP contribution is -2.44. The third-order valence-corrected chi connectivity index (χ3v) is 4.63. The van der Waals surface area contributed by atoms with Crippen LogP contribution in [0.4, 0.5) is 10.5 Å². The van der Waals surface area contributed by atoms with Gasteiger partial charge in [-0.25, -0.2) is 4.79 Å². The van der Waals surface area contributed by atoms with Crippen LogP contribution < -0.4 is 5.32 Å². The van der Waals surface area contributed by atoms with Gasteiger partial charge in [0.15, 0.2) is 0 Å². The molecule has 0 spiro atoms. The first kappa shape index (κ1) is 17.5. The molecule has 0 saturated heterocycles. The molecule has 1 aromatic carbocycles.